The second-order valence-electron chi connectivity index (χ2n) is 8.14. The number of carbonyl (C=O) groups excluding carboxylic acids is 1. The number of aryl methyl sites for hydroxylation is 1. The van der Waals surface area contributed by atoms with Crippen LogP contribution in [0.4, 0.5) is 0 Å². The Morgan fingerprint density at radius 1 is 1.21 bits per heavy atom. The number of benzene rings is 1. The van der Waals surface area contributed by atoms with E-state index in [1.54, 1.807) is 28.0 Å². The Morgan fingerprint density at radius 3 is 2.85 bits per heavy atom. The molecule has 3 aromatic heterocycles. The standard InChI is InChI=1S/C24H24ClN5O3/c1-2-29-15-17(13-27-29)20-12-22(33-28-20)24(31)30-10-4-3-5-21(30)23-26-14-19(32-23)11-16-6-8-18(25)9-7-16/h6-9,12-15,21H,2-5,10-11H2,1H3. The largest absolute Gasteiger partial charge is 0.443 e. The predicted octanol–water partition coefficient (Wildman–Crippen LogP) is 5.16. The molecule has 1 aliphatic rings. The van der Waals surface area contributed by atoms with Crippen molar-refractivity contribution in [3.05, 3.63) is 76.9 Å². The molecule has 9 heteroatoms. The summed E-state index contributed by atoms with van der Waals surface area (Å²) >= 11 is 5.97. The second-order valence-corrected chi connectivity index (χ2v) is 8.58. The molecule has 0 N–H and O–H groups in total. The molecular weight excluding hydrogens is 442 g/mol. The fourth-order valence-electron chi connectivity index (χ4n) is 4.12. The maximum atomic E-state index is 13.3. The molecule has 1 atom stereocenters. The van der Waals surface area contributed by atoms with Crippen molar-refractivity contribution in [2.24, 2.45) is 0 Å². The molecule has 4 heterocycles. The molecule has 0 aliphatic carbocycles. The summed E-state index contributed by atoms with van der Waals surface area (Å²) in [5.41, 5.74) is 2.49. The van der Waals surface area contributed by atoms with Crippen LogP contribution in [0.15, 0.2) is 57.9 Å². The van der Waals surface area contributed by atoms with Gasteiger partial charge in [-0.15, -0.1) is 0 Å². The third kappa shape index (κ3) is 4.57. The van der Waals surface area contributed by atoms with Gasteiger partial charge < -0.3 is 13.8 Å². The van der Waals surface area contributed by atoms with Crippen LogP contribution in [0.3, 0.4) is 0 Å². The fourth-order valence-corrected chi connectivity index (χ4v) is 4.24. The molecule has 0 radical (unpaired) electrons. The maximum Gasteiger partial charge on any atom is 0.293 e. The van der Waals surface area contributed by atoms with Crippen molar-refractivity contribution in [1.82, 2.24) is 24.8 Å². The van der Waals surface area contributed by atoms with E-state index in [4.69, 9.17) is 20.5 Å². The topological polar surface area (TPSA) is 90.2 Å². The Bertz CT molecular complexity index is 1240. The van der Waals surface area contributed by atoms with E-state index in [0.717, 1.165) is 42.7 Å². The van der Waals surface area contributed by atoms with Gasteiger partial charge in [0.1, 0.15) is 17.5 Å². The average Bonchev–Trinajstić information content (AvgIpc) is 3.60. The molecule has 1 saturated heterocycles. The van der Waals surface area contributed by atoms with Gasteiger partial charge in [-0.25, -0.2) is 4.98 Å². The molecule has 1 amide bonds. The first kappa shape index (κ1) is 21.5. The van der Waals surface area contributed by atoms with Crippen LogP contribution in [0.1, 0.15) is 60.0 Å². The van der Waals surface area contributed by atoms with Gasteiger partial charge in [0, 0.05) is 42.4 Å². The van der Waals surface area contributed by atoms with Gasteiger partial charge in [0.05, 0.1) is 12.4 Å². The third-order valence-electron chi connectivity index (χ3n) is 5.89. The molecule has 33 heavy (non-hydrogen) atoms. The highest BCUT2D eigenvalue weighted by Crippen LogP contribution is 2.33. The summed E-state index contributed by atoms with van der Waals surface area (Å²) in [6.45, 7) is 3.38. The highest BCUT2D eigenvalue weighted by Gasteiger charge is 2.34. The minimum absolute atomic E-state index is 0.203. The first-order valence-corrected chi connectivity index (χ1v) is 11.5. The van der Waals surface area contributed by atoms with Crippen molar-refractivity contribution in [3.8, 4) is 11.3 Å². The van der Waals surface area contributed by atoms with E-state index >= 15 is 0 Å². The summed E-state index contributed by atoms with van der Waals surface area (Å²) in [6, 6.07) is 9.08. The van der Waals surface area contributed by atoms with Gasteiger partial charge in [0.2, 0.25) is 11.7 Å². The zero-order valence-corrected chi connectivity index (χ0v) is 19.0. The molecule has 1 aromatic carbocycles. The summed E-state index contributed by atoms with van der Waals surface area (Å²) in [5.74, 6) is 1.30. The number of hydrogen-bond acceptors (Lipinski definition) is 6. The Kier molecular flexibility index (Phi) is 6.00. The number of rotatable bonds is 6. The van der Waals surface area contributed by atoms with Gasteiger partial charge in [-0.3, -0.25) is 9.48 Å². The SMILES string of the molecule is CCn1cc(-c2cc(C(=O)N3CCCCC3c3ncc(Cc4ccc(Cl)cc4)o3)on2)cn1. The molecule has 8 nitrogen and oxygen atoms in total. The monoisotopic (exact) mass is 465 g/mol. The average molecular weight is 466 g/mol. The molecule has 1 aliphatic heterocycles. The zero-order valence-electron chi connectivity index (χ0n) is 18.3. The molecule has 1 fully saturated rings. The molecule has 0 bridgehead atoms. The highest BCUT2D eigenvalue weighted by molar-refractivity contribution is 6.30. The lowest BCUT2D eigenvalue weighted by Crippen LogP contribution is -2.38. The van der Waals surface area contributed by atoms with E-state index < -0.39 is 0 Å². The normalized spacial score (nSPS) is 16.3. The lowest BCUT2D eigenvalue weighted by Gasteiger charge is -2.32. The van der Waals surface area contributed by atoms with E-state index in [1.165, 1.54) is 0 Å². The highest BCUT2D eigenvalue weighted by atomic mass is 35.5. The van der Waals surface area contributed by atoms with Gasteiger partial charge >= 0.3 is 0 Å². The van der Waals surface area contributed by atoms with E-state index in [2.05, 4.69) is 15.2 Å². The van der Waals surface area contributed by atoms with Gasteiger partial charge in [0.25, 0.3) is 5.91 Å². The van der Waals surface area contributed by atoms with Gasteiger partial charge in [-0.05, 0) is 43.9 Å². The zero-order chi connectivity index (χ0) is 22.8. The van der Waals surface area contributed by atoms with Gasteiger partial charge in [-0.1, -0.05) is 28.9 Å². The summed E-state index contributed by atoms with van der Waals surface area (Å²) in [7, 11) is 0. The lowest BCUT2D eigenvalue weighted by molar-refractivity contribution is 0.0528. The van der Waals surface area contributed by atoms with Crippen LogP contribution in [0.5, 0.6) is 0 Å². The number of likely N-dealkylation sites (tertiary alicyclic amines) is 1. The number of oxazole rings is 1. The number of piperidine rings is 1. The minimum atomic E-state index is -0.235. The Morgan fingerprint density at radius 2 is 2.06 bits per heavy atom. The Labute approximate surface area is 196 Å². The van der Waals surface area contributed by atoms with Crippen LogP contribution >= 0.6 is 11.6 Å². The number of hydrogen-bond donors (Lipinski definition) is 0. The van der Waals surface area contributed by atoms with E-state index in [9.17, 15) is 4.79 Å². The van der Waals surface area contributed by atoms with Crippen molar-refractivity contribution in [3.63, 3.8) is 0 Å². The predicted molar refractivity (Wildman–Crippen MR) is 122 cm³/mol. The molecule has 1 unspecified atom stereocenters. The maximum absolute atomic E-state index is 13.3. The van der Waals surface area contributed by atoms with Crippen molar-refractivity contribution in [2.45, 2.75) is 45.2 Å². The summed E-state index contributed by atoms with van der Waals surface area (Å²) in [5, 5.41) is 9.03. The van der Waals surface area contributed by atoms with Crippen LogP contribution in [0, 0.1) is 0 Å². The van der Waals surface area contributed by atoms with Gasteiger partial charge in [-0.2, -0.15) is 5.10 Å². The van der Waals surface area contributed by atoms with Crippen LogP contribution in [0.25, 0.3) is 11.3 Å². The first-order valence-electron chi connectivity index (χ1n) is 11.1. The van der Waals surface area contributed by atoms with E-state index in [0.29, 0.717) is 29.6 Å². The molecular formula is C24H24ClN5O3. The smallest absolute Gasteiger partial charge is 0.293 e. The number of amides is 1. The van der Waals surface area contributed by atoms with E-state index in [-0.39, 0.29) is 17.7 Å². The molecule has 170 valence electrons. The molecule has 4 aromatic rings. The molecule has 5 rings (SSSR count). The number of aromatic nitrogens is 4. The number of nitrogens with zero attached hydrogens (tertiary/aromatic N) is 5. The lowest BCUT2D eigenvalue weighted by atomic mass is 10.0. The number of carbonyl (C=O) groups is 1. The Hall–Kier alpha value is -3.39. The van der Waals surface area contributed by atoms with Crippen LogP contribution in [0.2, 0.25) is 5.02 Å². The van der Waals surface area contributed by atoms with Crippen molar-refractivity contribution < 1.29 is 13.7 Å². The minimum Gasteiger partial charge on any atom is -0.443 e. The van der Waals surface area contributed by atoms with E-state index in [1.807, 2.05) is 37.4 Å². The molecule has 0 spiro atoms. The van der Waals surface area contributed by atoms with Crippen LogP contribution in [-0.2, 0) is 13.0 Å². The fraction of sp³-hybridized carbons (Fsp3) is 0.333. The van der Waals surface area contributed by atoms with Crippen molar-refractivity contribution in [1.29, 1.82) is 0 Å². The summed E-state index contributed by atoms with van der Waals surface area (Å²) in [4.78, 5) is 19.6. The summed E-state index contributed by atoms with van der Waals surface area (Å²) < 4.78 is 13.3. The quantitative estimate of drug-likeness (QED) is 0.390. The Balaban J connectivity index is 1.33. The molecule has 0 saturated carbocycles. The van der Waals surface area contributed by atoms with Crippen molar-refractivity contribution >= 4 is 17.5 Å². The second kappa shape index (κ2) is 9.23. The number of halogens is 1. The van der Waals surface area contributed by atoms with Gasteiger partial charge in [0.15, 0.2) is 0 Å². The van der Waals surface area contributed by atoms with Crippen LogP contribution < -0.4 is 0 Å². The van der Waals surface area contributed by atoms with Crippen molar-refractivity contribution in [2.75, 3.05) is 6.54 Å². The summed E-state index contributed by atoms with van der Waals surface area (Å²) in [6.07, 6.45) is 8.66. The first-order chi connectivity index (χ1) is 16.1. The third-order valence-corrected chi connectivity index (χ3v) is 6.14. The van der Waals surface area contributed by atoms with Crippen LogP contribution in [-0.4, -0.2) is 37.3 Å².